The lowest BCUT2D eigenvalue weighted by molar-refractivity contribution is 0.415. The Hall–Kier alpha value is -2.41. The van der Waals surface area contributed by atoms with Crippen molar-refractivity contribution in [2.75, 3.05) is 12.8 Å². The summed E-state index contributed by atoms with van der Waals surface area (Å²) in [4.78, 5) is 20.7. The molecule has 0 fully saturated rings. The Balaban J connectivity index is 2.32. The largest absolute Gasteiger partial charge is 0.497 e. The average molecular weight is 276 g/mol. The fourth-order valence-corrected chi connectivity index (χ4v) is 1.66. The summed E-state index contributed by atoms with van der Waals surface area (Å²) in [5.41, 5.74) is 6.15. The normalized spacial score (nSPS) is 10.8. The van der Waals surface area contributed by atoms with Crippen molar-refractivity contribution in [3.63, 3.8) is 0 Å². The molecule has 6 nitrogen and oxygen atoms in total. The van der Waals surface area contributed by atoms with Crippen LogP contribution in [0.4, 0.5) is 11.5 Å². The first-order valence-corrected chi connectivity index (χ1v) is 5.81. The van der Waals surface area contributed by atoms with Crippen molar-refractivity contribution in [2.24, 2.45) is 4.99 Å². The second-order valence-electron chi connectivity index (χ2n) is 3.70. The Morgan fingerprint density at radius 3 is 2.58 bits per heavy atom. The maximum absolute atomic E-state index is 11.6. The van der Waals surface area contributed by atoms with Gasteiger partial charge in [0.1, 0.15) is 11.6 Å². The number of rotatable bonds is 3. The number of methoxy groups -OCH3 is 1. The fraction of sp³-hybridized carbons (Fsp3) is 0.0833. The van der Waals surface area contributed by atoms with Gasteiger partial charge in [0.05, 0.1) is 7.11 Å². The third kappa shape index (κ3) is 3.08. The van der Waals surface area contributed by atoms with E-state index in [1.165, 1.54) is 6.21 Å². The van der Waals surface area contributed by atoms with Gasteiger partial charge in [-0.15, -0.1) is 0 Å². The number of ether oxygens (including phenoxy) is 1. The number of anilines is 1. The maximum atomic E-state index is 11.6. The highest BCUT2D eigenvalue weighted by atomic mass is 32.1. The van der Waals surface area contributed by atoms with Gasteiger partial charge in [-0.05, 0) is 42.0 Å². The summed E-state index contributed by atoms with van der Waals surface area (Å²) in [5.74, 6) is 0.886. The van der Waals surface area contributed by atoms with E-state index in [1.807, 2.05) is 12.1 Å². The zero-order chi connectivity index (χ0) is 13.8. The van der Waals surface area contributed by atoms with Gasteiger partial charge in [-0.3, -0.25) is 9.78 Å². The smallest absolute Gasteiger partial charge is 0.279 e. The molecule has 1 aromatic heterocycles. The number of hydrogen-bond acceptors (Lipinski definition) is 5. The topological polar surface area (TPSA) is 96.3 Å². The molecule has 0 aliphatic rings. The Morgan fingerprint density at radius 2 is 2.00 bits per heavy atom. The Kier molecular flexibility index (Phi) is 3.76. The summed E-state index contributed by atoms with van der Waals surface area (Å²) < 4.78 is 5.22. The highest BCUT2D eigenvalue weighted by Crippen LogP contribution is 2.13. The molecule has 1 heterocycles. The number of H-pyrrole nitrogens is 2. The molecule has 0 aliphatic heterocycles. The van der Waals surface area contributed by atoms with Crippen LogP contribution < -0.4 is 16.0 Å². The van der Waals surface area contributed by atoms with Gasteiger partial charge in [0, 0.05) is 6.21 Å². The molecule has 4 N–H and O–H groups in total. The summed E-state index contributed by atoms with van der Waals surface area (Å²) in [5, 5.41) is 0. The summed E-state index contributed by atoms with van der Waals surface area (Å²) in [6.07, 6.45) is 1.54. The number of nitrogen functional groups attached to an aromatic ring is 1. The van der Waals surface area contributed by atoms with Crippen LogP contribution in [0.15, 0.2) is 34.1 Å². The molecule has 0 saturated heterocycles. The van der Waals surface area contributed by atoms with Gasteiger partial charge in [0.2, 0.25) is 0 Å². The van der Waals surface area contributed by atoms with Crippen LogP contribution in [0.25, 0.3) is 0 Å². The van der Waals surface area contributed by atoms with E-state index in [-0.39, 0.29) is 16.3 Å². The van der Waals surface area contributed by atoms with Gasteiger partial charge in [-0.1, -0.05) is 0 Å². The lowest BCUT2D eigenvalue weighted by Crippen LogP contribution is -2.10. The van der Waals surface area contributed by atoms with Gasteiger partial charge < -0.3 is 15.5 Å². The number of aromatic amines is 2. The van der Waals surface area contributed by atoms with Crippen LogP contribution in [0.5, 0.6) is 5.75 Å². The maximum Gasteiger partial charge on any atom is 0.279 e. The number of nitrogens with zero attached hydrogens (tertiary/aromatic N) is 1. The van der Waals surface area contributed by atoms with E-state index in [1.54, 1.807) is 19.2 Å². The van der Waals surface area contributed by atoms with Crippen LogP contribution in [0.1, 0.15) is 5.56 Å². The fourth-order valence-electron chi connectivity index (χ4n) is 1.45. The van der Waals surface area contributed by atoms with Crippen molar-refractivity contribution in [3.8, 4) is 5.75 Å². The van der Waals surface area contributed by atoms with E-state index < -0.39 is 5.56 Å². The molecule has 2 aromatic rings. The Morgan fingerprint density at radius 1 is 1.32 bits per heavy atom. The third-order valence-electron chi connectivity index (χ3n) is 2.40. The second-order valence-corrected chi connectivity index (χ2v) is 4.11. The molecule has 0 aliphatic carbocycles. The first-order chi connectivity index (χ1) is 9.10. The molecule has 0 bridgehead atoms. The minimum atomic E-state index is -0.425. The van der Waals surface area contributed by atoms with Gasteiger partial charge >= 0.3 is 0 Å². The number of nitrogens with two attached hydrogens (primary N) is 1. The standard InChI is InChI=1S/C12H12N4O2S/c1-18-8-4-2-7(3-5-8)6-14-9-10(13)15-12(19)16-11(9)17/h2-6H,1H3,(H4,13,15,16,17,19). The Bertz CT molecular complexity index is 716. The molecule has 0 saturated carbocycles. The summed E-state index contributed by atoms with van der Waals surface area (Å²) in [6.45, 7) is 0. The van der Waals surface area contributed by atoms with Crippen molar-refractivity contribution in [1.82, 2.24) is 9.97 Å². The molecule has 98 valence electrons. The quantitative estimate of drug-likeness (QED) is 0.588. The van der Waals surface area contributed by atoms with Gasteiger partial charge in [-0.25, -0.2) is 4.99 Å². The number of benzene rings is 1. The molecular weight excluding hydrogens is 264 g/mol. The van der Waals surface area contributed by atoms with E-state index in [2.05, 4.69) is 15.0 Å². The zero-order valence-electron chi connectivity index (χ0n) is 10.1. The van der Waals surface area contributed by atoms with Crippen molar-refractivity contribution in [3.05, 3.63) is 45.0 Å². The predicted octanol–water partition coefficient (Wildman–Crippen LogP) is 1.77. The molecule has 1 aromatic carbocycles. The van der Waals surface area contributed by atoms with Crippen molar-refractivity contribution in [2.45, 2.75) is 0 Å². The van der Waals surface area contributed by atoms with Crippen LogP contribution in [0.2, 0.25) is 0 Å². The third-order valence-corrected chi connectivity index (χ3v) is 2.61. The van der Waals surface area contributed by atoms with E-state index >= 15 is 0 Å². The van der Waals surface area contributed by atoms with Crippen LogP contribution in [0, 0.1) is 4.77 Å². The van der Waals surface area contributed by atoms with Gasteiger partial charge in [-0.2, -0.15) is 0 Å². The van der Waals surface area contributed by atoms with Crippen LogP contribution in [0.3, 0.4) is 0 Å². The van der Waals surface area contributed by atoms with E-state index in [4.69, 9.17) is 22.7 Å². The van der Waals surface area contributed by atoms with Crippen LogP contribution >= 0.6 is 12.2 Å². The number of aliphatic imine (C=N–C) groups is 1. The SMILES string of the molecule is COc1ccc(C=Nc2c(N)[nH]c(=S)[nH]c2=O)cc1. The van der Waals surface area contributed by atoms with Crippen molar-refractivity contribution in [1.29, 1.82) is 0 Å². The average Bonchev–Trinajstić information content (AvgIpc) is 2.38. The molecule has 0 radical (unpaired) electrons. The lowest BCUT2D eigenvalue weighted by Gasteiger charge is -2.00. The molecule has 0 unspecified atom stereocenters. The molecule has 2 rings (SSSR count). The lowest BCUT2D eigenvalue weighted by atomic mass is 10.2. The van der Waals surface area contributed by atoms with Crippen LogP contribution in [-0.2, 0) is 0 Å². The van der Waals surface area contributed by atoms with E-state index in [0.717, 1.165) is 11.3 Å². The summed E-state index contributed by atoms with van der Waals surface area (Å²) in [6, 6.07) is 7.23. The van der Waals surface area contributed by atoms with Gasteiger partial charge in [0.25, 0.3) is 5.56 Å². The highest BCUT2D eigenvalue weighted by Gasteiger charge is 2.02. The monoisotopic (exact) mass is 276 g/mol. The second kappa shape index (κ2) is 5.49. The number of hydrogen-bond donors (Lipinski definition) is 3. The molecule has 0 amide bonds. The highest BCUT2D eigenvalue weighted by molar-refractivity contribution is 7.71. The van der Waals surface area contributed by atoms with E-state index in [9.17, 15) is 4.79 Å². The predicted molar refractivity (Wildman–Crippen MR) is 76.9 cm³/mol. The van der Waals surface area contributed by atoms with E-state index in [0.29, 0.717) is 0 Å². The first kappa shape index (κ1) is 13.0. The molecule has 7 heteroatoms. The molecule has 0 atom stereocenters. The van der Waals surface area contributed by atoms with Gasteiger partial charge in [0.15, 0.2) is 10.5 Å². The Labute approximate surface area is 114 Å². The summed E-state index contributed by atoms with van der Waals surface area (Å²) >= 11 is 4.80. The first-order valence-electron chi connectivity index (χ1n) is 5.40. The molecular formula is C12H12N4O2S. The molecule has 19 heavy (non-hydrogen) atoms. The summed E-state index contributed by atoms with van der Waals surface area (Å²) in [7, 11) is 1.59. The minimum absolute atomic E-state index is 0.101. The zero-order valence-corrected chi connectivity index (χ0v) is 11.0. The van der Waals surface area contributed by atoms with Crippen LogP contribution in [-0.4, -0.2) is 23.3 Å². The van der Waals surface area contributed by atoms with Crippen molar-refractivity contribution < 1.29 is 4.74 Å². The number of nitrogens with one attached hydrogen (secondary N) is 2. The number of aromatic nitrogens is 2. The van der Waals surface area contributed by atoms with Crippen molar-refractivity contribution >= 4 is 29.9 Å². The minimum Gasteiger partial charge on any atom is -0.497 e. The molecule has 0 spiro atoms.